The van der Waals surface area contributed by atoms with Gasteiger partial charge >= 0.3 is 5.97 Å². The molecule has 0 unspecified atom stereocenters. The lowest BCUT2D eigenvalue weighted by atomic mass is 9.90. The number of hydrogen-bond acceptors (Lipinski definition) is 4. The van der Waals surface area contributed by atoms with E-state index in [1.54, 1.807) is 13.8 Å². The molecule has 0 aromatic heterocycles. The number of carboxylic acids is 1. The summed E-state index contributed by atoms with van der Waals surface area (Å²) in [5, 5.41) is 18.0. The molecule has 1 aromatic carbocycles. The number of aliphatic carboxylic acids is 1. The molecule has 1 fully saturated rings. The van der Waals surface area contributed by atoms with Crippen LogP contribution in [0, 0.1) is 23.7 Å². The number of carboxylic acid groups (broad SMARTS) is 1. The van der Waals surface area contributed by atoms with Crippen molar-refractivity contribution in [1.82, 2.24) is 4.31 Å². The maximum absolute atomic E-state index is 12.6. The van der Waals surface area contributed by atoms with Gasteiger partial charge in [0.05, 0.1) is 21.9 Å². The van der Waals surface area contributed by atoms with E-state index in [0.717, 1.165) is 0 Å². The van der Waals surface area contributed by atoms with Crippen molar-refractivity contribution < 1.29 is 18.3 Å². The number of hydrogen-bond donors (Lipinski definition) is 1. The normalized spacial score (nSPS) is 22.9. The Hall–Kier alpha value is -1.91. The van der Waals surface area contributed by atoms with E-state index in [-0.39, 0.29) is 24.4 Å². The fourth-order valence-corrected chi connectivity index (χ4v) is 4.22. The fourth-order valence-electron chi connectivity index (χ4n) is 2.45. The lowest BCUT2D eigenvalue weighted by molar-refractivity contribution is -0.146. The van der Waals surface area contributed by atoms with Crippen LogP contribution >= 0.6 is 0 Å². The van der Waals surface area contributed by atoms with Crippen molar-refractivity contribution in [3.8, 4) is 6.07 Å². The fraction of sp³-hybridized carbons (Fsp3) is 0.429. The van der Waals surface area contributed by atoms with E-state index in [4.69, 9.17) is 5.26 Å². The lowest BCUT2D eigenvalue weighted by Crippen LogP contribution is -2.35. The van der Waals surface area contributed by atoms with E-state index in [1.807, 2.05) is 6.07 Å². The summed E-state index contributed by atoms with van der Waals surface area (Å²) in [4.78, 5) is 11.3. The predicted molar refractivity (Wildman–Crippen MR) is 75.0 cm³/mol. The van der Waals surface area contributed by atoms with E-state index in [1.165, 1.54) is 22.5 Å². The third-order valence-corrected chi connectivity index (χ3v) is 5.88. The predicted octanol–water partition coefficient (Wildman–Crippen LogP) is 1.35. The zero-order valence-corrected chi connectivity index (χ0v) is 12.6. The second-order valence-corrected chi connectivity index (χ2v) is 7.45. The minimum atomic E-state index is -3.74. The summed E-state index contributed by atoms with van der Waals surface area (Å²) in [6.07, 6.45) is 0.289. The molecule has 112 valence electrons. The quantitative estimate of drug-likeness (QED) is 0.908. The number of benzene rings is 1. The molecule has 1 aliphatic heterocycles. The third-order valence-electron chi connectivity index (χ3n) is 3.88. The Kier molecular flexibility index (Phi) is 3.78. The number of carbonyl (C=O) groups is 1. The number of nitrogens with zero attached hydrogens (tertiary/aromatic N) is 2. The van der Waals surface area contributed by atoms with Gasteiger partial charge in [0.15, 0.2) is 0 Å². The molecule has 21 heavy (non-hydrogen) atoms. The van der Waals surface area contributed by atoms with Crippen molar-refractivity contribution >= 4 is 16.0 Å². The zero-order chi connectivity index (χ0) is 15.8. The highest BCUT2D eigenvalue weighted by atomic mass is 32.2. The lowest BCUT2D eigenvalue weighted by Gasteiger charge is -2.20. The van der Waals surface area contributed by atoms with E-state index in [0.29, 0.717) is 11.1 Å². The number of aryl methyl sites for hydroxylation is 1. The molecular formula is C14H16N2O4S. The first-order valence-corrected chi connectivity index (χ1v) is 7.89. The Morgan fingerprint density at radius 2 is 2.14 bits per heavy atom. The van der Waals surface area contributed by atoms with Gasteiger partial charge in [-0.25, -0.2) is 8.42 Å². The Morgan fingerprint density at radius 3 is 2.62 bits per heavy atom. The summed E-state index contributed by atoms with van der Waals surface area (Å²) in [6.45, 7) is 3.32. The molecule has 1 atom stereocenters. The molecule has 6 nitrogen and oxygen atoms in total. The van der Waals surface area contributed by atoms with Crippen LogP contribution in [0.15, 0.2) is 23.1 Å². The summed E-state index contributed by atoms with van der Waals surface area (Å²) >= 11 is 0. The molecule has 1 N–H and O–H groups in total. The summed E-state index contributed by atoms with van der Waals surface area (Å²) in [6, 6.07) is 6.32. The van der Waals surface area contributed by atoms with Crippen LogP contribution in [0.5, 0.6) is 0 Å². The van der Waals surface area contributed by atoms with E-state index in [2.05, 4.69) is 0 Å². The largest absolute Gasteiger partial charge is 0.481 e. The summed E-state index contributed by atoms with van der Waals surface area (Å²) in [7, 11) is -3.74. The highest BCUT2D eigenvalue weighted by Gasteiger charge is 2.45. The van der Waals surface area contributed by atoms with Gasteiger partial charge in [0.1, 0.15) is 0 Å². The average molecular weight is 308 g/mol. The average Bonchev–Trinajstić information content (AvgIpc) is 2.83. The molecule has 2 rings (SSSR count). The van der Waals surface area contributed by atoms with Gasteiger partial charge in [0.2, 0.25) is 10.0 Å². The first-order chi connectivity index (χ1) is 9.70. The molecule has 1 aliphatic rings. The van der Waals surface area contributed by atoms with Crippen LogP contribution in [0.3, 0.4) is 0 Å². The number of sulfonamides is 1. The zero-order valence-electron chi connectivity index (χ0n) is 11.8. The van der Waals surface area contributed by atoms with Crippen molar-refractivity contribution in [2.75, 3.05) is 13.1 Å². The molecule has 0 radical (unpaired) electrons. The van der Waals surface area contributed by atoms with Gasteiger partial charge in [-0.05, 0) is 44.0 Å². The summed E-state index contributed by atoms with van der Waals surface area (Å²) < 4.78 is 26.4. The maximum Gasteiger partial charge on any atom is 0.310 e. The van der Waals surface area contributed by atoms with Gasteiger partial charge in [-0.15, -0.1) is 0 Å². The molecular weight excluding hydrogens is 292 g/mol. The molecule has 0 aliphatic carbocycles. The topological polar surface area (TPSA) is 98.5 Å². The highest BCUT2D eigenvalue weighted by molar-refractivity contribution is 7.89. The molecule has 7 heteroatoms. The molecule has 0 saturated carbocycles. The van der Waals surface area contributed by atoms with Gasteiger partial charge < -0.3 is 5.11 Å². The van der Waals surface area contributed by atoms with E-state index >= 15 is 0 Å². The van der Waals surface area contributed by atoms with Crippen LogP contribution in [0.25, 0.3) is 0 Å². The first-order valence-electron chi connectivity index (χ1n) is 6.45. The van der Waals surface area contributed by atoms with Crippen molar-refractivity contribution in [2.24, 2.45) is 5.41 Å². The van der Waals surface area contributed by atoms with Crippen LogP contribution in [-0.2, 0) is 14.8 Å². The summed E-state index contributed by atoms with van der Waals surface area (Å²) in [5.41, 5.74) is -0.172. The Morgan fingerprint density at radius 1 is 1.48 bits per heavy atom. The highest BCUT2D eigenvalue weighted by Crippen LogP contribution is 2.34. The molecule has 1 saturated heterocycles. The van der Waals surface area contributed by atoms with Crippen LogP contribution in [-0.4, -0.2) is 36.9 Å². The Labute approximate surface area is 123 Å². The minimum Gasteiger partial charge on any atom is -0.481 e. The van der Waals surface area contributed by atoms with Gasteiger partial charge in [-0.3, -0.25) is 4.79 Å². The van der Waals surface area contributed by atoms with Crippen LogP contribution in [0.1, 0.15) is 24.5 Å². The van der Waals surface area contributed by atoms with Crippen molar-refractivity contribution in [2.45, 2.75) is 25.2 Å². The van der Waals surface area contributed by atoms with Gasteiger partial charge in [0, 0.05) is 13.1 Å². The molecule has 0 amide bonds. The van der Waals surface area contributed by atoms with Gasteiger partial charge in [-0.1, -0.05) is 0 Å². The Balaban J connectivity index is 2.37. The van der Waals surface area contributed by atoms with Gasteiger partial charge in [-0.2, -0.15) is 9.57 Å². The maximum atomic E-state index is 12.6. The molecule has 0 bridgehead atoms. The third kappa shape index (κ3) is 2.64. The van der Waals surface area contributed by atoms with Crippen LogP contribution in [0.2, 0.25) is 0 Å². The molecule has 1 heterocycles. The first kappa shape index (κ1) is 15.5. The number of rotatable bonds is 3. The number of nitriles is 1. The molecule has 1 aromatic rings. The van der Waals surface area contributed by atoms with Crippen LogP contribution < -0.4 is 0 Å². The monoisotopic (exact) mass is 308 g/mol. The Bertz CT molecular complexity index is 736. The minimum absolute atomic E-state index is 0.0376. The van der Waals surface area contributed by atoms with Gasteiger partial charge in [0.25, 0.3) is 0 Å². The smallest absolute Gasteiger partial charge is 0.310 e. The van der Waals surface area contributed by atoms with Crippen molar-refractivity contribution in [3.05, 3.63) is 29.3 Å². The molecule has 0 spiro atoms. The SMILES string of the molecule is Cc1cc(C#N)ccc1S(=O)(=O)N1CC[C@@](C)(C(=O)O)C1. The summed E-state index contributed by atoms with van der Waals surface area (Å²) in [5.74, 6) is -0.989. The second kappa shape index (κ2) is 5.13. The standard InChI is InChI=1S/C14H16N2O4S/c1-10-7-11(8-15)3-4-12(10)21(19,20)16-6-5-14(2,9-16)13(17)18/h3-4,7H,5-6,9H2,1-2H3,(H,17,18)/t14-/m1/s1. The second-order valence-electron chi connectivity index (χ2n) is 5.55. The van der Waals surface area contributed by atoms with Crippen LogP contribution in [0.4, 0.5) is 0 Å². The van der Waals surface area contributed by atoms with E-state index < -0.39 is 21.4 Å². The van der Waals surface area contributed by atoms with Crippen molar-refractivity contribution in [1.29, 1.82) is 5.26 Å². The van der Waals surface area contributed by atoms with Crippen molar-refractivity contribution in [3.63, 3.8) is 0 Å². The van der Waals surface area contributed by atoms with E-state index in [9.17, 15) is 18.3 Å².